The molecule has 0 aromatic heterocycles. The van der Waals surface area contributed by atoms with Gasteiger partial charge in [0, 0.05) is 29.3 Å². The maximum Gasteiger partial charge on any atom is 0.161 e. The number of hydrogen-bond acceptors (Lipinski definition) is 5. The summed E-state index contributed by atoms with van der Waals surface area (Å²) in [7, 11) is 1.60. The molecular weight excluding hydrogens is 376 g/mol. The molecule has 5 heteroatoms. The molecule has 0 amide bonds. The van der Waals surface area contributed by atoms with Crippen molar-refractivity contribution in [3.63, 3.8) is 0 Å². The molecule has 0 spiro atoms. The van der Waals surface area contributed by atoms with Gasteiger partial charge in [0.25, 0.3) is 0 Å². The summed E-state index contributed by atoms with van der Waals surface area (Å²) in [5.74, 6) is 0.523. The van der Waals surface area contributed by atoms with E-state index in [1.54, 1.807) is 7.11 Å². The molecule has 0 saturated carbocycles. The average Bonchev–Trinajstić information content (AvgIpc) is 2.77. The van der Waals surface area contributed by atoms with Crippen LogP contribution >= 0.6 is 0 Å². The topological polar surface area (TPSA) is 71.7 Å². The van der Waals surface area contributed by atoms with Crippen molar-refractivity contribution < 1.29 is 14.3 Å². The lowest BCUT2D eigenvalue weighted by Crippen LogP contribution is -2.30. The van der Waals surface area contributed by atoms with Crippen LogP contribution in [0, 0.1) is 17.2 Å². The number of ketones is 1. The summed E-state index contributed by atoms with van der Waals surface area (Å²) in [5, 5.41) is 9.84. The number of methoxy groups -OCH3 is 1. The smallest absolute Gasteiger partial charge is 0.161 e. The monoisotopic (exact) mass is 400 g/mol. The minimum Gasteiger partial charge on any atom is -0.493 e. The van der Waals surface area contributed by atoms with Crippen LogP contribution in [0.2, 0.25) is 0 Å². The number of rotatable bonds is 5. The lowest BCUT2D eigenvalue weighted by molar-refractivity contribution is -0.116. The summed E-state index contributed by atoms with van der Waals surface area (Å²) in [4.78, 5) is 17.4. The number of allylic oxidation sites excluding steroid dienone is 2. The minimum absolute atomic E-state index is 0.0983. The Hall–Kier alpha value is -3.39. The van der Waals surface area contributed by atoms with Gasteiger partial charge in [-0.3, -0.25) is 9.79 Å². The fraction of sp³-hybridized carbons (Fsp3) is 0.320. The molecule has 1 aliphatic heterocycles. The molecule has 1 heterocycles. The van der Waals surface area contributed by atoms with E-state index < -0.39 is 5.92 Å². The average molecular weight is 400 g/mol. The highest BCUT2D eigenvalue weighted by molar-refractivity contribution is 6.03. The number of ether oxygens (including phenoxy) is 2. The van der Waals surface area contributed by atoms with Crippen LogP contribution in [0.3, 0.4) is 0 Å². The molecule has 1 unspecified atom stereocenters. The Morgan fingerprint density at radius 1 is 1.13 bits per heavy atom. The summed E-state index contributed by atoms with van der Waals surface area (Å²) in [6.07, 6.45) is 2.11. The Bertz CT molecular complexity index is 1060. The van der Waals surface area contributed by atoms with Gasteiger partial charge in [-0.05, 0) is 43.0 Å². The van der Waals surface area contributed by atoms with Crippen molar-refractivity contribution in [2.45, 2.75) is 38.7 Å². The zero-order chi connectivity index (χ0) is 21.1. The molecule has 0 bridgehead atoms. The second-order valence-electron chi connectivity index (χ2n) is 7.66. The first kappa shape index (κ1) is 19.9. The predicted molar refractivity (Wildman–Crippen MR) is 115 cm³/mol. The second-order valence-corrected chi connectivity index (χ2v) is 7.66. The Morgan fingerprint density at radius 3 is 2.67 bits per heavy atom. The first-order chi connectivity index (χ1) is 14.6. The number of carbonyl (C=O) groups excluding carboxylic acids is 1. The standard InChI is InChI=1S/C25H24N2O3/c1-16-19(14-26)24(25-20(27-16)9-6-10-21(25)28)18-11-12-22(23(13-18)29-2)30-15-17-7-4-3-5-8-17/h3-5,7-8,11-13,19,24H,6,9-10,15H2,1-2H3/t19?,24-/m0/s1. The van der Waals surface area contributed by atoms with E-state index in [4.69, 9.17) is 9.47 Å². The third-order valence-corrected chi connectivity index (χ3v) is 5.76. The maximum absolute atomic E-state index is 12.8. The van der Waals surface area contributed by atoms with Crippen molar-refractivity contribution >= 4 is 11.5 Å². The van der Waals surface area contributed by atoms with Crippen LogP contribution in [0.15, 0.2) is 64.8 Å². The van der Waals surface area contributed by atoms with Gasteiger partial charge in [-0.2, -0.15) is 5.26 Å². The van der Waals surface area contributed by atoms with Crippen LogP contribution in [0.5, 0.6) is 11.5 Å². The maximum atomic E-state index is 12.8. The number of aliphatic imine (C=N–C) groups is 1. The van der Waals surface area contributed by atoms with Crippen molar-refractivity contribution in [2.24, 2.45) is 10.9 Å². The number of hydrogen-bond donors (Lipinski definition) is 0. The molecule has 0 saturated heterocycles. The van der Waals surface area contributed by atoms with Crippen LogP contribution in [-0.4, -0.2) is 18.6 Å². The lowest BCUT2D eigenvalue weighted by Gasteiger charge is -2.32. The summed E-state index contributed by atoms with van der Waals surface area (Å²) in [6, 6.07) is 18.0. The summed E-state index contributed by atoms with van der Waals surface area (Å²) in [6.45, 7) is 2.30. The van der Waals surface area contributed by atoms with Crippen molar-refractivity contribution in [1.82, 2.24) is 0 Å². The Labute approximate surface area is 176 Å². The molecule has 2 aromatic rings. The first-order valence-corrected chi connectivity index (χ1v) is 10.2. The van der Waals surface area contributed by atoms with Crippen LogP contribution in [0.25, 0.3) is 0 Å². The van der Waals surface area contributed by atoms with Gasteiger partial charge in [0.15, 0.2) is 17.3 Å². The van der Waals surface area contributed by atoms with Gasteiger partial charge in [-0.15, -0.1) is 0 Å². The highest BCUT2D eigenvalue weighted by Gasteiger charge is 2.39. The molecule has 0 N–H and O–H groups in total. The molecule has 5 nitrogen and oxygen atoms in total. The van der Waals surface area contributed by atoms with E-state index in [2.05, 4.69) is 11.1 Å². The largest absolute Gasteiger partial charge is 0.493 e. The number of carbonyl (C=O) groups is 1. The van der Waals surface area contributed by atoms with Gasteiger partial charge < -0.3 is 9.47 Å². The van der Waals surface area contributed by atoms with Gasteiger partial charge in [-0.25, -0.2) is 0 Å². The zero-order valence-electron chi connectivity index (χ0n) is 17.2. The van der Waals surface area contributed by atoms with Gasteiger partial charge in [-0.1, -0.05) is 36.4 Å². The van der Waals surface area contributed by atoms with E-state index in [1.165, 1.54) is 0 Å². The SMILES string of the molecule is COc1cc([C@@H]2C3=C(CCCC3=O)N=C(C)C2C#N)ccc1OCc1ccccc1. The Morgan fingerprint density at radius 2 is 1.93 bits per heavy atom. The molecule has 30 heavy (non-hydrogen) atoms. The number of nitrogens with zero attached hydrogens (tertiary/aromatic N) is 2. The molecule has 0 fully saturated rings. The first-order valence-electron chi connectivity index (χ1n) is 10.2. The molecule has 2 atom stereocenters. The molecule has 0 radical (unpaired) electrons. The van der Waals surface area contributed by atoms with Gasteiger partial charge in [0.2, 0.25) is 0 Å². The van der Waals surface area contributed by atoms with Crippen LogP contribution < -0.4 is 9.47 Å². The number of Topliss-reactive ketones (excluding diaryl/α,β-unsaturated/α-hetero) is 1. The predicted octanol–water partition coefficient (Wildman–Crippen LogP) is 4.98. The third kappa shape index (κ3) is 3.73. The normalized spacial score (nSPS) is 20.8. The van der Waals surface area contributed by atoms with Crippen molar-refractivity contribution in [3.8, 4) is 17.6 Å². The third-order valence-electron chi connectivity index (χ3n) is 5.76. The molecule has 4 rings (SSSR count). The van der Waals surface area contributed by atoms with E-state index >= 15 is 0 Å². The van der Waals surface area contributed by atoms with E-state index in [0.717, 1.165) is 35.4 Å². The fourth-order valence-electron chi connectivity index (χ4n) is 4.27. The molecule has 2 aliphatic rings. The summed E-state index contributed by atoms with van der Waals surface area (Å²) >= 11 is 0. The van der Waals surface area contributed by atoms with E-state index in [-0.39, 0.29) is 11.7 Å². The zero-order valence-corrected chi connectivity index (χ0v) is 17.2. The Balaban J connectivity index is 1.68. The van der Waals surface area contributed by atoms with Crippen LogP contribution in [0.4, 0.5) is 0 Å². The minimum atomic E-state index is -0.466. The second kappa shape index (κ2) is 8.54. The van der Waals surface area contributed by atoms with E-state index in [9.17, 15) is 10.1 Å². The van der Waals surface area contributed by atoms with E-state index in [0.29, 0.717) is 30.1 Å². The van der Waals surface area contributed by atoms with Gasteiger partial charge in [0.1, 0.15) is 6.61 Å². The summed E-state index contributed by atoms with van der Waals surface area (Å²) < 4.78 is 11.6. The van der Waals surface area contributed by atoms with E-state index in [1.807, 2.05) is 55.5 Å². The number of nitriles is 1. The van der Waals surface area contributed by atoms with Crippen molar-refractivity contribution in [3.05, 3.63) is 70.9 Å². The highest BCUT2D eigenvalue weighted by Crippen LogP contribution is 2.44. The van der Waals surface area contributed by atoms with Crippen molar-refractivity contribution in [2.75, 3.05) is 7.11 Å². The number of benzene rings is 2. The highest BCUT2D eigenvalue weighted by atomic mass is 16.5. The summed E-state index contributed by atoms with van der Waals surface area (Å²) in [5.41, 5.74) is 4.23. The van der Waals surface area contributed by atoms with Gasteiger partial charge in [0.05, 0.1) is 19.1 Å². The van der Waals surface area contributed by atoms with Gasteiger partial charge >= 0.3 is 0 Å². The fourth-order valence-corrected chi connectivity index (χ4v) is 4.27. The van der Waals surface area contributed by atoms with Crippen molar-refractivity contribution in [1.29, 1.82) is 5.26 Å². The molecular formula is C25H24N2O3. The lowest BCUT2D eigenvalue weighted by atomic mass is 9.72. The molecule has 2 aromatic carbocycles. The van der Waals surface area contributed by atoms with Crippen LogP contribution in [-0.2, 0) is 11.4 Å². The molecule has 152 valence electrons. The van der Waals surface area contributed by atoms with Crippen LogP contribution in [0.1, 0.15) is 43.2 Å². The quantitative estimate of drug-likeness (QED) is 0.710. The Kier molecular flexibility index (Phi) is 5.67. The molecule has 1 aliphatic carbocycles.